The second-order valence-corrected chi connectivity index (χ2v) is 6.81. The Morgan fingerprint density at radius 2 is 1.83 bits per heavy atom. The summed E-state index contributed by atoms with van der Waals surface area (Å²) in [6, 6.07) is 13.9. The van der Waals surface area contributed by atoms with Crippen LogP contribution in [0.4, 0.5) is 5.82 Å². The molecule has 0 bridgehead atoms. The summed E-state index contributed by atoms with van der Waals surface area (Å²) < 4.78 is 5.77. The molecule has 0 saturated carbocycles. The van der Waals surface area contributed by atoms with Gasteiger partial charge < -0.3 is 14.6 Å². The first-order valence-electron chi connectivity index (χ1n) is 10.2. The average molecular weight is 393 g/mol. The van der Waals surface area contributed by atoms with Crippen molar-refractivity contribution < 1.29 is 9.21 Å². The molecule has 0 radical (unpaired) electrons. The fourth-order valence-electron chi connectivity index (χ4n) is 3.11. The van der Waals surface area contributed by atoms with Crippen LogP contribution >= 0.6 is 0 Å². The summed E-state index contributed by atoms with van der Waals surface area (Å²) >= 11 is 0. The molecule has 0 atom stereocenters. The molecule has 1 amide bonds. The van der Waals surface area contributed by atoms with Crippen LogP contribution < -0.4 is 10.2 Å². The van der Waals surface area contributed by atoms with Gasteiger partial charge >= 0.3 is 0 Å². The molecule has 3 aromatic rings. The zero-order chi connectivity index (χ0) is 20.5. The van der Waals surface area contributed by atoms with E-state index in [1.54, 1.807) is 6.20 Å². The number of oxazole rings is 1. The molecule has 29 heavy (non-hydrogen) atoms. The minimum absolute atomic E-state index is 0.0210. The standard InChI is InChI=1S/C23H28N4O2/c1-3-27(4-2)21-14-13-18(15-24-21)16-25-22(28)11-8-12-23-26-17-20(29-23)19-9-6-5-7-10-19/h5-7,9-10,13-15,17H,3-4,8,11-12,16H2,1-2H3,(H,25,28). The topological polar surface area (TPSA) is 71.3 Å². The van der Waals surface area contributed by atoms with Crippen molar-refractivity contribution in [3.63, 3.8) is 0 Å². The first kappa shape index (κ1) is 20.6. The molecule has 1 N–H and O–H groups in total. The number of benzene rings is 1. The van der Waals surface area contributed by atoms with Gasteiger partial charge in [0.25, 0.3) is 0 Å². The second-order valence-electron chi connectivity index (χ2n) is 6.81. The molecule has 6 heteroatoms. The van der Waals surface area contributed by atoms with Crippen molar-refractivity contribution in [3.05, 3.63) is 66.3 Å². The van der Waals surface area contributed by atoms with E-state index in [4.69, 9.17) is 4.42 Å². The van der Waals surface area contributed by atoms with Crippen molar-refractivity contribution in [1.29, 1.82) is 0 Å². The lowest BCUT2D eigenvalue weighted by Gasteiger charge is -2.19. The highest BCUT2D eigenvalue weighted by atomic mass is 16.4. The summed E-state index contributed by atoms with van der Waals surface area (Å²) in [7, 11) is 0. The molecule has 6 nitrogen and oxygen atoms in total. The molecule has 2 aromatic heterocycles. The molecule has 152 valence electrons. The second kappa shape index (κ2) is 10.4. The minimum Gasteiger partial charge on any atom is -0.441 e. The third-order valence-corrected chi connectivity index (χ3v) is 4.79. The van der Waals surface area contributed by atoms with Gasteiger partial charge in [-0.15, -0.1) is 0 Å². The van der Waals surface area contributed by atoms with Crippen LogP contribution in [-0.2, 0) is 17.8 Å². The Hall–Kier alpha value is -3.15. The lowest BCUT2D eigenvalue weighted by Crippen LogP contribution is -2.24. The van der Waals surface area contributed by atoms with Crippen LogP contribution in [-0.4, -0.2) is 29.0 Å². The van der Waals surface area contributed by atoms with E-state index in [0.29, 0.717) is 31.7 Å². The molecular formula is C23H28N4O2. The van der Waals surface area contributed by atoms with E-state index >= 15 is 0 Å². The fourth-order valence-corrected chi connectivity index (χ4v) is 3.11. The normalized spacial score (nSPS) is 10.7. The number of hydrogen-bond acceptors (Lipinski definition) is 5. The van der Waals surface area contributed by atoms with Crippen LogP contribution in [0.25, 0.3) is 11.3 Å². The van der Waals surface area contributed by atoms with Crippen LogP contribution in [0, 0.1) is 0 Å². The van der Waals surface area contributed by atoms with Crippen molar-refractivity contribution in [1.82, 2.24) is 15.3 Å². The van der Waals surface area contributed by atoms with E-state index in [-0.39, 0.29) is 5.91 Å². The number of nitrogens with one attached hydrogen (secondary N) is 1. The van der Waals surface area contributed by atoms with Gasteiger partial charge in [-0.25, -0.2) is 9.97 Å². The Bertz CT molecular complexity index is 887. The number of carbonyl (C=O) groups excluding carboxylic acids is 1. The van der Waals surface area contributed by atoms with Gasteiger partial charge in [0.15, 0.2) is 11.7 Å². The van der Waals surface area contributed by atoms with E-state index < -0.39 is 0 Å². The van der Waals surface area contributed by atoms with E-state index in [9.17, 15) is 4.79 Å². The Morgan fingerprint density at radius 3 is 2.52 bits per heavy atom. The van der Waals surface area contributed by atoms with Crippen LogP contribution in [0.1, 0.15) is 38.1 Å². The van der Waals surface area contributed by atoms with E-state index in [2.05, 4.69) is 34.0 Å². The summed E-state index contributed by atoms with van der Waals surface area (Å²) in [5, 5.41) is 2.95. The Morgan fingerprint density at radius 1 is 1.03 bits per heavy atom. The summed E-state index contributed by atoms with van der Waals surface area (Å²) in [5.41, 5.74) is 2.00. The highest BCUT2D eigenvalue weighted by Crippen LogP contribution is 2.20. The number of hydrogen-bond donors (Lipinski definition) is 1. The van der Waals surface area contributed by atoms with Crippen molar-refractivity contribution >= 4 is 11.7 Å². The molecule has 0 aliphatic carbocycles. The number of amides is 1. The highest BCUT2D eigenvalue weighted by Gasteiger charge is 2.08. The number of pyridine rings is 1. The first-order valence-corrected chi connectivity index (χ1v) is 10.2. The van der Waals surface area contributed by atoms with Gasteiger partial charge in [0.1, 0.15) is 5.82 Å². The van der Waals surface area contributed by atoms with Gasteiger partial charge in [-0.3, -0.25) is 4.79 Å². The number of carbonyl (C=O) groups is 1. The van der Waals surface area contributed by atoms with Crippen LogP contribution in [0.5, 0.6) is 0 Å². The number of aromatic nitrogens is 2. The Kier molecular flexibility index (Phi) is 7.39. The van der Waals surface area contributed by atoms with Gasteiger partial charge in [-0.2, -0.15) is 0 Å². The SMILES string of the molecule is CCN(CC)c1ccc(CNC(=O)CCCc2ncc(-c3ccccc3)o2)cn1. The first-order chi connectivity index (χ1) is 14.2. The van der Waals surface area contributed by atoms with Crippen molar-refractivity contribution in [2.24, 2.45) is 0 Å². The highest BCUT2D eigenvalue weighted by molar-refractivity contribution is 5.75. The summed E-state index contributed by atoms with van der Waals surface area (Å²) in [4.78, 5) is 23.1. The van der Waals surface area contributed by atoms with Gasteiger partial charge in [0.05, 0.1) is 6.20 Å². The van der Waals surface area contributed by atoms with Crippen molar-refractivity contribution in [2.45, 2.75) is 39.7 Å². The predicted molar refractivity (Wildman–Crippen MR) is 115 cm³/mol. The number of nitrogens with zero attached hydrogens (tertiary/aromatic N) is 3. The largest absolute Gasteiger partial charge is 0.441 e. The van der Waals surface area contributed by atoms with Crippen molar-refractivity contribution in [2.75, 3.05) is 18.0 Å². The fraction of sp³-hybridized carbons (Fsp3) is 0.348. The molecule has 0 unspecified atom stereocenters. The minimum atomic E-state index is 0.0210. The number of aryl methyl sites for hydroxylation is 1. The van der Waals surface area contributed by atoms with Gasteiger partial charge in [-0.1, -0.05) is 36.4 Å². The smallest absolute Gasteiger partial charge is 0.220 e. The molecule has 2 heterocycles. The van der Waals surface area contributed by atoms with Gasteiger partial charge in [-0.05, 0) is 31.9 Å². The van der Waals surface area contributed by atoms with E-state index in [1.807, 2.05) is 48.7 Å². The predicted octanol–water partition coefficient (Wildman–Crippen LogP) is 4.22. The zero-order valence-electron chi connectivity index (χ0n) is 17.1. The Balaban J connectivity index is 1.40. The average Bonchev–Trinajstić information content (AvgIpc) is 3.24. The molecule has 3 rings (SSSR count). The molecule has 0 fully saturated rings. The molecule has 1 aromatic carbocycles. The van der Waals surface area contributed by atoms with E-state index in [1.165, 1.54) is 0 Å². The number of anilines is 1. The zero-order valence-corrected chi connectivity index (χ0v) is 17.1. The van der Waals surface area contributed by atoms with Crippen LogP contribution in [0.2, 0.25) is 0 Å². The Labute approximate surface area is 172 Å². The molecule has 0 aliphatic rings. The lowest BCUT2D eigenvalue weighted by atomic mass is 10.2. The summed E-state index contributed by atoms with van der Waals surface area (Å²) in [6.45, 7) is 6.56. The van der Waals surface area contributed by atoms with E-state index in [0.717, 1.165) is 35.8 Å². The summed E-state index contributed by atoms with van der Waals surface area (Å²) in [5.74, 6) is 2.40. The summed E-state index contributed by atoms with van der Waals surface area (Å²) in [6.07, 6.45) is 5.33. The maximum absolute atomic E-state index is 12.1. The lowest BCUT2D eigenvalue weighted by molar-refractivity contribution is -0.121. The number of rotatable bonds is 10. The molecule has 0 spiro atoms. The van der Waals surface area contributed by atoms with Crippen molar-refractivity contribution in [3.8, 4) is 11.3 Å². The third kappa shape index (κ3) is 5.91. The maximum Gasteiger partial charge on any atom is 0.220 e. The molecule has 0 aliphatic heterocycles. The van der Waals surface area contributed by atoms with Crippen LogP contribution in [0.15, 0.2) is 59.3 Å². The van der Waals surface area contributed by atoms with Gasteiger partial charge in [0, 0.05) is 44.2 Å². The van der Waals surface area contributed by atoms with Gasteiger partial charge in [0.2, 0.25) is 5.91 Å². The maximum atomic E-state index is 12.1. The third-order valence-electron chi connectivity index (χ3n) is 4.79. The molecule has 0 saturated heterocycles. The van der Waals surface area contributed by atoms with Crippen LogP contribution in [0.3, 0.4) is 0 Å². The monoisotopic (exact) mass is 392 g/mol. The quantitative estimate of drug-likeness (QED) is 0.559. The molecular weight excluding hydrogens is 364 g/mol.